The third-order valence-electron chi connectivity index (χ3n) is 4.26. The van der Waals surface area contributed by atoms with Gasteiger partial charge in [0, 0.05) is 24.5 Å². The van der Waals surface area contributed by atoms with Gasteiger partial charge in [-0.15, -0.1) is 0 Å². The van der Waals surface area contributed by atoms with Gasteiger partial charge in [0.15, 0.2) is 0 Å². The molecule has 1 aromatic rings. The molecule has 1 heterocycles. The highest BCUT2D eigenvalue weighted by molar-refractivity contribution is 5.03. The van der Waals surface area contributed by atoms with Crippen molar-refractivity contribution in [1.29, 1.82) is 0 Å². The van der Waals surface area contributed by atoms with Gasteiger partial charge in [-0.05, 0) is 12.3 Å². The van der Waals surface area contributed by atoms with Gasteiger partial charge in [0.1, 0.15) is 5.76 Å². The Labute approximate surface area is 122 Å². The van der Waals surface area contributed by atoms with Crippen molar-refractivity contribution < 1.29 is 9.15 Å². The second-order valence-electron chi connectivity index (χ2n) is 6.78. The standard InChI is InChI=1S/C16H28N2O2/c1-6-12-8-18-15(20-12)9-17-13-7-14(16(13,4)5)19-10-11(2)3/h8,11,13-14,17H,6-7,9-10H2,1-5H3. The Bertz CT molecular complexity index is 426. The van der Waals surface area contributed by atoms with Crippen molar-refractivity contribution in [2.24, 2.45) is 11.3 Å². The maximum Gasteiger partial charge on any atom is 0.208 e. The van der Waals surface area contributed by atoms with Crippen LogP contribution in [0.25, 0.3) is 0 Å². The van der Waals surface area contributed by atoms with Crippen LogP contribution in [-0.2, 0) is 17.7 Å². The highest BCUT2D eigenvalue weighted by Gasteiger charge is 2.48. The molecule has 0 spiro atoms. The van der Waals surface area contributed by atoms with Crippen molar-refractivity contribution in [3.63, 3.8) is 0 Å². The summed E-state index contributed by atoms with van der Waals surface area (Å²) in [6.07, 6.45) is 4.14. The summed E-state index contributed by atoms with van der Waals surface area (Å²) in [5.41, 5.74) is 0.176. The zero-order valence-corrected chi connectivity index (χ0v) is 13.4. The third-order valence-corrected chi connectivity index (χ3v) is 4.26. The zero-order valence-electron chi connectivity index (χ0n) is 13.4. The van der Waals surface area contributed by atoms with E-state index in [0.717, 1.165) is 31.1 Å². The van der Waals surface area contributed by atoms with E-state index in [-0.39, 0.29) is 5.41 Å². The molecule has 1 aliphatic carbocycles. The molecule has 4 nitrogen and oxygen atoms in total. The van der Waals surface area contributed by atoms with Gasteiger partial charge in [-0.2, -0.15) is 0 Å². The van der Waals surface area contributed by atoms with Crippen LogP contribution in [0, 0.1) is 11.3 Å². The number of hydrogen-bond acceptors (Lipinski definition) is 4. The maximum absolute atomic E-state index is 5.98. The number of hydrogen-bond donors (Lipinski definition) is 1. The zero-order chi connectivity index (χ0) is 14.8. The molecule has 1 fully saturated rings. The first-order chi connectivity index (χ1) is 9.43. The SMILES string of the molecule is CCc1cnc(CNC2CC(OCC(C)C)C2(C)C)o1. The molecule has 2 rings (SSSR count). The maximum atomic E-state index is 5.98. The third kappa shape index (κ3) is 3.41. The van der Waals surface area contributed by atoms with Crippen molar-refractivity contribution in [2.75, 3.05) is 6.61 Å². The molecule has 0 bridgehead atoms. The van der Waals surface area contributed by atoms with E-state index in [9.17, 15) is 0 Å². The van der Waals surface area contributed by atoms with Gasteiger partial charge < -0.3 is 14.5 Å². The molecule has 0 aliphatic heterocycles. The van der Waals surface area contributed by atoms with E-state index in [4.69, 9.17) is 9.15 Å². The molecule has 0 saturated heterocycles. The molecule has 1 saturated carbocycles. The molecule has 0 radical (unpaired) electrons. The molecule has 0 amide bonds. The first-order valence-corrected chi connectivity index (χ1v) is 7.72. The van der Waals surface area contributed by atoms with Gasteiger partial charge in [0.05, 0.1) is 18.8 Å². The molecule has 4 heteroatoms. The van der Waals surface area contributed by atoms with Crippen LogP contribution in [0.1, 0.15) is 52.7 Å². The van der Waals surface area contributed by atoms with Gasteiger partial charge in [-0.1, -0.05) is 34.6 Å². The van der Waals surface area contributed by atoms with E-state index in [1.807, 2.05) is 6.20 Å². The van der Waals surface area contributed by atoms with Crippen molar-refractivity contribution >= 4 is 0 Å². The normalized spacial score (nSPS) is 24.9. The fourth-order valence-electron chi connectivity index (χ4n) is 2.63. The van der Waals surface area contributed by atoms with E-state index < -0.39 is 0 Å². The Kier molecular flexibility index (Phi) is 4.86. The second-order valence-corrected chi connectivity index (χ2v) is 6.78. The predicted molar refractivity (Wildman–Crippen MR) is 79.5 cm³/mol. The Morgan fingerprint density at radius 1 is 1.50 bits per heavy atom. The molecule has 1 N–H and O–H groups in total. The lowest BCUT2D eigenvalue weighted by molar-refractivity contribution is -0.124. The van der Waals surface area contributed by atoms with Crippen LogP contribution < -0.4 is 5.32 Å². The van der Waals surface area contributed by atoms with Gasteiger partial charge in [0.25, 0.3) is 0 Å². The monoisotopic (exact) mass is 280 g/mol. The Balaban J connectivity index is 1.77. The minimum absolute atomic E-state index is 0.176. The summed E-state index contributed by atoms with van der Waals surface area (Å²) < 4.78 is 11.6. The van der Waals surface area contributed by atoms with Crippen LogP contribution in [0.15, 0.2) is 10.6 Å². The lowest BCUT2D eigenvalue weighted by Crippen LogP contribution is -2.60. The summed E-state index contributed by atoms with van der Waals surface area (Å²) in [5.74, 6) is 2.33. The minimum Gasteiger partial charge on any atom is -0.444 e. The first kappa shape index (κ1) is 15.5. The van der Waals surface area contributed by atoms with E-state index in [2.05, 4.69) is 44.9 Å². The molecule has 0 aromatic carbocycles. The van der Waals surface area contributed by atoms with Crippen LogP contribution in [0.2, 0.25) is 0 Å². The van der Waals surface area contributed by atoms with Crippen LogP contribution in [-0.4, -0.2) is 23.7 Å². The summed E-state index contributed by atoms with van der Waals surface area (Å²) in [6.45, 7) is 12.5. The van der Waals surface area contributed by atoms with E-state index >= 15 is 0 Å². The van der Waals surface area contributed by atoms with Crippen molar-refractivity contribution in [2.45, 2.75) is 66.2 Å². The van der Waals surface area contributed by atoms with Gasteiger partial charge in [-0.25, -0.2) is 4.98 Å². The van der Waals surface area contributed by atoms with Crippen LogP contribution >= 0.6 is 0 Å². The van der Waals surface area contributed by atoms with Crippen molar-refractivity contribution in [1.82, 2.24) is 10.3 Å². The fraction of sp³-hybridized carbons (Fsp3) is 0.812. The first-order valence-electron chi connectivity index (χ1n) is 7.72. The van der Waals surface area contributed by atoms with Gasteiger partial charge in [-0.3, -0.25) is 0 Å². The van der Waals surface area contributed by atoms with Gasteiger partial charge in [0.2, 0.25) is 5.89 Å². The van der Waals surface area contributed by atoms with E-state index in [0.29, 0.717) is 24.6 Å². The summed E-state index contributed by atoms with van der Waals surface area (Å²) >= 11 is 0. The van der Waals surface area contributed by atoms with Crippen molar-refractivity contribution in [3.8, 4) is 0 Å². The quantitative estimate of drug-likeness (QED) is 0.833. The van der Waals surface area contributed by atoms with Crippen molar-refractivity contribution in [3.05, 3.63) is 17.8 Å². The minimum atomic E-state index is 0.176. The fourth-order valence-corrected chi connectivity index (χ4v) is 2.63. The van der Waals surface area contributed by atoms with E-state index in [1.54, 1.807) is 0 Å². The highest BCUT2D eigenvalue weighted by atomic mass is 16.5. The molecule has 1 aliphatic rings. The van der Waals surface area contributed by atoms with E-state index in [1.165, 1.54) is 0 Å². The predicted octanol–water partition coefficient (Wildman–Crippen LogP) is 3.17. The van der Waals surface area contributed by atoms with Crippen LogP contribution in [0.3, 0.4) is 0 Å². The number of aromatic nitrogens is 1. The molecule has 2 atom stereocenters. The summed E-state index contributed by atoms with van der Waals surface area (Å²) in [4.78, 5) is 4.28. The number of nitrogens with one attached hydrogen (secondary N) is 1. The average molecular weight is 280 g/mol. The topological polar surface area (TPSA) is 47.3 Å². The molecule has 114 valence electrons. The number of aryl methyl sites for hydroxylation is 1. The number of rotatable bonds is 7. The Hall–Kier alpha value is -0.870. The summed E-state index contributed by atoms with van der Waals surface area (Å²) in [7, 11) is 0. The number of oxazole rings is 1. The summed E-state index contributed by atoms with van der Waals surface area (Å²) in [5, 5.41) is 3.54. The Morgan fingerprint density at radius 2 is 2.25 bits per heavy atom. The molecule has 1 aromatic heterocycles. The Morgan fingerprint density at radius 3 is 2.80 bits per heavy atom. The molecular weight excluding hydrogens is 252 g/mol. The van der Waals surface area contributed by atoms with Gasteiger partial charge >= 0.3 is 0 Å². The van der Waals surface area contributed by atoms with Crippen LogP contribution in [0.4, 0.5) is 0 Å². The largest absolute Gasteiger partial charge is 0.444 e. The smallest absolute Gasteiger partial charge is 0.208 e. The average Bonchev–Trinajstić information content (AvgIpc) is 2.84. The lowest BCUT2D eigenvalue weighted by Gasteiger charge is -2.52. The second kappa shape index (κ2) is 6.27. The number of nitrogens with zero attached hydrogens (tertiary/aromatic N) is 1. The lowest BCUT2D eigenvalue weighted by atomic mass is 9.64. The molecular formula is C16H28N2O2. The molecule has 2 unspecified atom stereocenters. The van der Waals surface area contributed by atoms with Crippen LogP contribution in [0.5, 0.6) is 0 Å². The number of ether oxygens (including phenoxy) is 1. The highest BCUT2D eigenvalue weighted by Crippen LogP contribution is 2.43. The molecule has 20 heavy (non-hydrogen) atoms. The summed E-state index contributed by atoms with van der Waals surface area (Å²) in [6, 6.07) is 0.469.